The number of fused-ring (bicyclic) bond motifs is 1. The maximum atomic E-state index is 8.74. The van der Waals surface area contributed by atoms with Gasteiger partial charge < -0.3 is 4.42 Å². The van der Waals surface area contributed by atoms with Crippen molar-refractivity contribution in [3.05, 3.63) is 53.1 Å². The highest BCUT2D eigenvalue weighted by molar-refractivity contribution is 6.34. The van der Waals surface area contributed by atoms with Crippen LogP contribution in [0.2, 0.25) is 5.02 Å². The maximum absolute atomic E-state index is 8.74. The number of hydrogen-bond acceptors (Lipinski definition) is 3. The van der Waals surface area contributed by atoms with Crippen molar-refractivity contribution in [3.8, 4) is 17.5 Å². The Labute approximate surface area is 108 Å². The van der Waals surface area contributed by atoms with Crippen LogP contribution in [0.4, 0.5) is 0 Å². The summed E-state index contributed by atoms with van der Waals surface area (Å²) in [5.41, 5.74) is 2.73. The van der Waals surface area contributed by atoms with Gasteiger partial charge >= 0.3 is 0 Å². The molecule has 0 radical (unpaired) electrons. The minimum atomic E-state index is 0.502. The molecule has 1 heterocycles. The molecule has 0 unspecified atom stereocenters. The van der Waals surface area contributed by atoms with E-state index in [9.17, 15) is 0 Å². The quantitative estimate of drug-likeness (QED) is 0.659. The Morgan fingerprint density at radius 2 is 1.89 bits per heavy atom. The molecule has 0 fully saturated rings. The van der Waals surface area contributed by atoms with Crippen molar-refractivity contribution in [3.63, 3.8) is 0 Å². The summed E-state index contributed by atoms with van der Waals surface area (Å²) < 4.78 is 5.63. The van der Waals surface area contributed by atoms with Gasteiger partial charge in [0.25, 0.3) is 0 Å². The highest BCUT2D eigenvalue weighted by Gasteiger charge is 2.10. The van der Waals surface area contributed by atoms with Crippen LogP contribution in [0.25, 0.3) is 22.6 Å². The molecule has 86 valence electrons. The van der Waals surface area contributed by atoms with Crippen LogP contribution in [0.3, 0.4) is 0 Å². The predicted molar refractivity (Wildman–Crippen MR) is 69.2 cm³/mol. The highest BCUT2D eigenvalue weighted by Crippen LogP contribution is 2.28. The molecule has 0 saturated carbocycles. The summed E-state index contributed by atoms with van der Waals surface area (Å²) in [7, 11) is 0. The van der Waals surface area contributed by atoms with E-state index in [0.29, 0.717) is 27.6 Å². The maximum Gasteiger partial charge on any atom is 0.227 e. The largest absolute Gasteiger partial charge is 0.436 e. The van der Waals surface area contributed by atoms with Gasteiger partial charge in [0.2, 0.25) is 5.89 Å². The fraction of sp³-hybridized carbons (Fsp3) is 0. The van der Waals surface area contributed by atoms with Gasteiger partial charge in [-0.2, -0.15) is 5.26 Å². The second kappa shape index (κ2) is 4.17. The molecule has 0 aliphatic heterocycles. The third-order valence-corrected chi connectivity index (χ3v) is 2.94. The predicted octanol–water partition coefficient (Wildman–Crippen LogP) is 4.02. The Morgan fingerprint density at radius 3 is 2.56 bits per heavy atom. The van der Waals surface area contributed by atoms with Crippen LogP contribution in [0, 0.1) is 11.3 Å². The minimum absolute atomic E-state index is 0.502. The zero-order chi connectivity index (χ0) is 12.5. The molecule has 0 bridgehead atoms. The molecule has 0 atom stereocenters. The van der Waals surface area contributed by atoms with E-state index in [2.05, 4.69) is 11.1 Å². The van der Waals surface area contributed by atoms with Crippen LogP contribution >= 0.6 is 11.6 Å². The van der Waals surface area contributed by atoms with Gasteiger partial charge in [0.1, 0.15) is 5.52 Å². The molecule has 0 saturated heterocycles. The van der Waals surface area contributed by atoms with Crippen molar-refractivity contribution in [2.75, 3.05) is 0 Å². The minimum Gasteiger partial charge on any atom is -0.436 e. The number of oxazole rings is 1. The molecule has 3 nitrogen and oxygen atoms in total. The summed E-state index contributed by atoms with van der Waals surface area (Å²) in [6.07, 6.45) is 0. The molecule has 3 rings (SSSR count). The Bertz CT molecular complexity index is 754. The van der Waals surface area contributed by atoms with Crippen LogP contribution in [-0.2, 0) is 0 Å². The Kier molecular flexibility index (Phi) is 2.51. The average molecular weight is 255 g/mol. The number of halogens is 1. The smallest absolute Gasteiger partial charge is 0.227 e. The van der Waals surface area contributed by atoms with E-state index >= 15 is 0 Å². The fourth-order valence-electron chi connectivity index (χ4n) is 1.73. The summed E-state index contributed by atoms with van der Waals surface area (Å²) >= 11 is 6.04. The van der Waals surface area contributed by atoms with E-state index in [1.54, 1.807) is 30.3 Å². The number of aromatic nitrogens is 1. The number of nitriles is 1. The number of nitrogens with zero attached hydrogens (tertiary/aromatic N) is 2. The number of hydrogen-bond donors (Lipinski definition) is 0. The van der Waals surface area contributed by atoms with Gasteiger partial charge in [0, 0.05) is 5.56 Å². The van der Waals surface area contributed by atoms with Gasteiger partial charge in [-0.15, -0.1) is 0 Å². The second-order valence-electron chi connectivity index (χ2n) is 3.79. The van der Waals surface area contributed by atoms with Crippen LogP contribution in [0.5, 0.6) is 0 Å². The van der Waals surface area contributed by atoms with E-state index < -0.39 is 0 Å². The number of para-hydroxylation sites is 1. The monoisotopic (exact) mass is 254 g/mol. The summed E-state index contributed by atoms with van der Waals surface area (Å²) in [5, 5.41) is 9.31. The Hall–Kier alpha value is -2.31. The normalized spacial score (nSPS) is 10.4. The molecule has 0 amide bonds. The average Bonchev–Trinajstić information content (AvgIpc) is 2.84. The van der Waals surface area contributed by atoms with Crippen molar-refractivity contribution < 1.29 is 4.42 Å². The topological polar surface area (TPSA) is 49.8 Å². The van der Waals surface area contributed by atoms with E-state index in [4.69, 9.17) is 21.3 Å². The van der Waals surface area contributed by atoms with E-state index in [1.807, 2.05) is 12.1 Å². The Balaban J connectivity index is 2.14. The van der Waals surface area contributed by atoms with E-state index in [-0.39, 0.29) is 0 Å². The van der Waals surface area contributed by atoms with Crippen LogP contribution < -0.4 is 0 Å². The zero-order valence-electron chi connectivity index (χ0n) is 9.22. The molecule has 0 spiro atoms. The number of rotatable bonds is 1. The van der Waals surface area contributed by atoms with Crippen LogP contribution in [0.1, 0.15) is 5.56 Å². The highest BCUT2D eigenvalue weighted by atomic mass is 35.5. The molecule has 0 aliphatic rings. The molecule has 2 aromatic carbocycles. The Morgan fingerprint density at radius 1 is 1.11 bits per heavy atom. The fourth-order valence-corrected chi connectivity index (χ4v) is 1.93. The molecular weight excluding hydrogens is 248 g/mol. The molecular formula is C14H7ClN2O. The van der Waals surface area contributed by atoms with Crippen molar-refractivity contribution in [2.45, 2.75) is 0 Å². The first kappa shape index (κ1) is 10.8. The summed E-state index contributed by atoms with van der Waals surface area (Å²) in [5.74, 6) is 0.502. The van der Waals surface area contributed by atoms with E-state index in [1.165, 1.54) is 0 Å². The summed E-state index contributed by atoms with van der Waals surface area (Å²) in [4.78, 5) is 4.36. The third kappa shape index (κ3) is 1.73. The lowest BCUT2D eigenvalue weighted by atomic mass is 10.1. The summed E-state index contributed by atoms with van der Waals surface area (Å²) in [6, 6.07) is 14.5. The van der Waals surface area contributed by atoms with Crippen molar-refractivity contribution in [2.24, 2.45) is 0 Å². The molecule has 3 aromatic rings. The van der Waals surface area contributed by atoms with Gasteiger partial charge in [0.15, 0.2) is 5.58 Å². The number of benzene rings is 2. The lowest BCUT2D eigenvalue weighted by Crippen LogP contribution is -1.78. The van der Waals surface area contributed by atoms with Crippen LogP contribution in [-0.4, -0.2) is 4.98 Å². The SMILES string of the molecule is N#Cc1ccc(-c2nc3c(Cl)cccc3o2)cc1. The first-order valence-corrected chi connectivity index (χ1v) is 5.71. The van der Waals surface area contributed by atoms with Crippen molar-refractivity contribution in [1.29, 1.82) is 5.26 Å². The van der Waals surface area contributed by atoms with E-state index in [0.717, 1.165) is 5.56 Å². The molecule has 18 heavy (non-hydrogen) atoms. The van der Waals surface area contributed by atoms with Gasteiger partial charge in [-0.05, 0) is 36.4 Å². The van der Waals surface area contributed by atoms with Crippen molar-refractivity contribution in [1.82, 2.24) is 4.98 Å². The van der Waals surface area contributed by atoms with Gasteiger partial charge in [-0.1, -0.05) is 17.7 Å². The molecule has 1 aromatic heterocycles. The second-order valence-corrected chi connectivity index (χ2v) is 4.20. The molecule has 4 heteroatoms. The third-order valence-electron chi connectivity index (χ3n) is 2.63. The summed E-state index contributed by atoms with van der Waals surface area (Å²) in [6.45, 7) is 0. The molecule has 0 aliphatic carbocycles. The van der Waals surface area contributed by atoms with Crippen molar-refractivity contribution >= 4 is 22.7 Å². The first-order valence-electron chi connectivity index (χ1n) is 5.33. The molecule has 0 N–H and O–H groups in total. The lowest BCUT2D eigenvalue weighted by Gasteiger charge is -1.93. The van der Waals surface area contributed by atoms with Gasteiger partial charge in [-0.3, -0.25) is 0 Å². The first-order chi connectivity index (χ1) is 8.78. The van der Waals surface area contributed by atoms with Crippen LogP contribution in [0.15, 0.2) is 46.9 Å². The van der Waals surface area contributed by atoms with Gasteiger partial charge in [-0.25, -0.2) is 4.98 Å². The standard InChI is InChI=1S/C14H7ClN2O/c15-11-2-1-3-12-13(11)17-14(18-12)10-6-4-9(8-16)5-7-10/h1-7H. The zero-order valence-corrected chi connectivity index (χ0v) is 9.98. The van der Waals surface area contributed by atoms with Gasteiger partial charge in [0.05, 0.1) is 16.7 Å². The lowest BCUT2D eigenvalue weighted by molar-refractivity contribution is 0.620.